The number of Topliss-reactive ketones (excluding diaryl/α,β-unsaturated/α-hetero) is 1. The summed E-state index contributed by atoms with van der Waals surface area (Å²) in [7, 11) is 0. The first kappa shape index (κ1) is 10.8. The molecular weight excluding hydrogens is 277 g/mol. The normalized spacial score (nSPS) is 10.1. The predicted octanol–water partition coefficient (Wildman–Crippen LogP) is 3.11. The molecule has 0 atom stereocenters. The Bertz CT molecular complexity index is 354. The Hall–Kier alpha value is -0.250. The van der Waals surface area contributed by atoms with Crippen LogP contribution in [-0.2, 0) is 0 Å². The maximum atomic E-state index is 11.3. The van der Waals surface area contributed by atoms with Crippen molar-refractivity contribution in [2.75, 3.05) is 11.6 Å². The summed E-state index contributed by atoms with van der Waals surface area (Å²) >= 11 is 14.3. The summed E-state index contributed by atoms with van der Waals surface area (Å²) in [5.41, 5.74) is 6.44. The molecule has 0 aliphatic carbocycles. The fraction of sp³-hybridized carbons (Fsp3) is 0.125. The molecule has 0 unspecified atom stereocenters. The molecular formula is C8H6BrCl2NO. The van der Waals surface area contributed by atoms with E-state index in [1.54, 1.807) is 6.07 Å². The fourth-order valence-electron chi connectivity index (χ4n) is 0.885. The van der Waals surface area contributed by atoms with E-state index in [1.165, 1.54) is 6.07 Å². The summed E-state index contributed by atoms with van der Waals surface area (Å²) in [6.07, 6.45) is 0. The second-order valence-electron chi connectivity index (χ2n) is 2.41. The number of ketones is 1. The zero-order valence-electron chi connectivity index (χ0n) is 6.48. The van der Waals surface area contributed by atoms with E-state index in [0.717, 1.165) is 0 Å². The molecule has 1 aromatic carbocycles. The number of alkyl halides is 1. The minimum atomic E-state index is -0.206. The lowest BCUT2D eigenvalue weighted by molar-refractivity contribution is 0.102. The molecule has 0 fully saturated rings. The summed E-state index contributed by atoms with van der Waals surface area (Å²) in [5, 5.41) is 0.425. The van der Waals surface area contributed by atoms with Crippen molar-refractivity contribution < 1.29 is 4.79 Å². The van der Waals surface area contributed by atoms with Gasteiger partial charge in [0.2, 0.25) is 0 Å². The highest BCUT2D eigenvalue weighted by Crippen LogP contribution is 2.28. The van der Waals surface area contributed by atoms with E-state index in [9.17, 15) is 4.79 Å². The Morgan fingerprint density at radius 2 is 2.15 bits per heavy atom. The van der Waals surface area contributed by atoms with Crippen molar-refractivity contribution in [1.82, 2.24) is 0 Å². The summed E-state index contributed by atoms with van der Waals surface area (Å²) in [6, 6.07) is 3.10. The number of nitrogens with two attached hydrogens (primary N) is 1. The molecule has 1 aromatic rings. The number of hydrogen-bond acceptors (Lipinski definition) is 2. The third-order valence-corrected chi connectivity index (χ3v) is 2.83. The molecule has 0 heterocycles. The number of hydrogen-bond donors (Lipinski definition) is 1. The maximum Gasteiger partial charge on any atom is 0.178 e. The first-order valence-corrected chi connectivity index (χ1v) is 5.10. The van der Waals surface area contributed by atoms with Gasteiger partial charge in [0.15, 0.2) is 5.78 Å². The Labute approximate surface area is 94.1 Å². The van der Waals surface area contributed by atoms with Gasteiger partial charge in [-0.15, -0.1) is 11.6 Å². The molecule has 0 aliphatic heterocycles. The van der Waals surface area contributed by atoms with E-state index in [2.05, 4.69) is 15.9 Å². The zero-order valence-corrected chi connectivity index (χ0v) is 9.58. The maximum absolute atomic E-state index is 11.3. The molecule has 0 bridgehead atoms. The van der Waals surface area contributed by atoms with Crippen LogP contribution in [0.5, 0.6) is 0 Å². The minimum absolute atomic E-state index is 0.0849. The minimum Gasteiger partial charge on any atom is -0.398 e. The van der Waals surface area contributed by atoms with Crippen LogP contribution < -0.4 is 5.73 Å². The molecule has 0 saturated heterocycles. The van der Waals surface area contributed by atoms with Crippen LogP contribution in [0.2, 0.25) is 5.02 Å². The number of rotatable bonds is 2. The van der Waals surface area contributed by atoms with Gasteiger partial charge in [0, 0.05) is 16.3 Å². The van der Waals surface area contributed by atoms with E-state index in [4.69, 9.17) is 28.9 Å². The van der Waals surface area contributed by atoms with Crippen LogP contribution in [0.4, 0.5) is 5.69 Å². The fourth-order valence-corrected chi connectivity index (χ4v) is 1.71. The number of anilines is 1. The smallest absolute Gasteiger partial charge is 0.178 e. The van der Waals surface area contributed by atoms with Crippen molar-refractivity contribution in [1.29, 1.82) is 0 Å². The van der Waals surface area contributed by atoms with Gasteiger partial charge in [0.05, 0.1) is 10.4 Å². The first-order chi connectivity index (χ1) is 6.06. The second kappa shape index (κ2) is 4.31. The molecule has 0 aromatic heterocycles. The third kappa shape index (κ3) is 2.36. The van der Waals surface area contributed by atoms with E-state index in [1.807, 2.05) is 0 Å². The Kier molecular flexibility index (Phi) is 3.59. The van der Waals surface area contributed by atoms with Crippen LogP contribution in [0.1, 0.15) is 10.4 Å². The number of carbonyl (C=O) groups is 1. The lowest BCUT2D eigenvalue weighted by Crippen LogP contribution is -2.03. The average molecular weight is 283 g/mol. The number of nitrogen functional groups attached to an aromatic ring is 1. The predicted molar refractivity (Wildman–Crippen MR) is 58.6 cm³/mol. The van der Waals surface area contributed by atoms with Crippen molar-refractivity contribution in [3.05, 3.63) is 27.2 Å². The lowest BCUT2D eigenvalue weighted by Gasteiger charge is -2.05. The molecule has 0 spiro atoms. The summed E-state index contributed by atoms with van der Waals surface area (Å²) in [6.45, 7) is 0. The van der Waals surface area contributed by atoms with Crippen LogP contribution >= 0.6 is 39.1 Å². The van der Waals surface area contributed by atoms with Gasteiger partial charge in [-0.25, -0.2) is 0 Å². The highest BCUT2D eigenvalue weighted by Gasteiger charge is 2.12. The summed E-state index contributed by atoms with van der Waals surface area (Å²) in [5.74, 6) is -0.291. The Balaban J connectivity index is 3.28. The van der Waals surface area contributed by atoms with Gasteiger partial charge in [-0.1, -0.05) is 11.6 Å². The summed E-state index contributed by atoms with van der Waals surface area (Å²) in [4.78, 5) is 11.3. The van der Waals surface area contributed by atoms with Crippen LogP contribution in [0, 0.1) is 0 Å². The number of benzene rings is 1. The molecule has 2 nitrogen and oxygen atoms in total. The quantitative estimate of drug-likeness (QED) is 0.515. The number of halogens is 3. The van der Waals surface area contributed by atoms with Gasteiger partial charge >= 0.3 is 0 Å². The van der Waals surface area contributed by atoms with Crippen molar-refractivity contribution in [3.63, 3.8) is 0 Å². The molecule has 5 heteroatoms. The van der Waals surface area contributed by atoms with E-state index < -0.39 is 0 Å². The van der Waals surface area contributed by atoms with Gasteiger partial charge in [-0.05, 0) is 28.1 Å². The molecule has 0 amide bonds. The van der Waals surface area contributed by atoms with Crippen LogP contribution in [0.15, 0.2) is 16.6 Å². The standard InChI is InChI=1S/C8H6BrCl2NO/c9-8-5(7(13)3-10)1-4(11)2-6(8)12/h1-2H,3,12H2. The zero-order chi connectivity index (χ0) is 10.0. The topological polar surface area (TPSA) is 43.1 Å². The van der Waals surface area contributed by atoms with E-state index >= 15 is 0 Å². The monoisotopic (exact) mass is 281 g/mol. The molecule has 70 valence electrons. The van der Waals surface area contributed by atoms with Gasteiger partial charge in [0.25, 0.3) is 0 Å². The van der Waals surface area contributed by atoms with Gasteiger partial charge in [0.1, 0.15) is 0 Å². The van der Waals surface area contributed by atoms with Crippen molar-refractivity contribution in [3.8, 4) is 0 Å². The highest BCUT2D eigenvalue weighted by molar-refractivity contribution is 9.10. The number of carbonyl (C=O) groups excluding carboxylic acids is 1. The molecule has 0 saturated carbocycles. The largest absolute Gasteiger partial charge is 0.398 e. The van der Waals surface area contributed by atoms with Crippen LogP contribution in [0.3, 0.4) is 0 Å². The summed E-state index contributed by atoms with van der Waals surface area (Å²) < 4.78 is 0.544. The van der Waals surface area contributed by atoms with E-state index in [0.29, 0.717) is 20.7 Å². The van der Waals surface area contributed by atoms with Crippen LogP contribution in [-0.4, -0.2) is 11.7 Å². The molecule has 0 aliphatic rings. The molecule has 0 radical (unpaired) electrons. The van der Waals surface area contributed by atoms with Gasteiger partial charge in [-0.3, -0.25) is 4.79 Å². The Morgan fingerprint density at radius 1 is 1.54 bits per heavy atom. The van der Waals surface area contributed by atoms with Gasteiger partial charge in [-0.2, -0.15) is 0 Å². The molecule has 13 heavy (non-hydrogen) atoms. The SMILES string of the molecule is Nc1cc(Cl)cc(C(=O)CCl)c1Br. The van der Waals surface area contributed by atoms with Gasteiger partial charge < -0.3 is 5.73 Å². The van der Waals surface area contributed by atoms with Crippen molar-refractivity contribution >= 4 is 50.6 Å². The third-order valence-electron chi connectivity index (χ3n) is 1.49. The second-order valence-corrected chi connectivity index (χ2v) is 3.91. The highest BCUT2D eigenvalue weighted by atomic mass is 79.9. The lowest BCUT2D eigenvalue weighted by atomic mass is 10.1. The molecule has 1 rings (SSSR count). The van der Waals surface area contributed by atoms with Crippen LogP contribution in [0.25, 0.3) is 0 Å². The first-order valence-electron chi connectivity index (χ1n) is 3.40. The Morgan fingerprint density at radius 3 is 2.69 bits per heavy atom. The van der Waals surface area contributed by atoms with Crippen molar-refractivity contribution in [2.24, 2.45) is 0 Å². The van der Waals surface area contributed by atoms with Crippen molar-refractivity contribution in [2.45, 2.75) is 0 Å². The molecule has 2 N–H and O–H groups in total. The average Bonchev–Trinajstić information content (AvgIpc) is 2.10. The van der Waals surface area contributed by atoms with E-state index in [-0.39, 0.29) is 11.7 Å².